The Hall–Kier alpha value is -0.510. The van der Waals surface area contributed by atoms with E-state index in [1.165, 1.54) is 5.75 Å². The monoisotopic (exact) mass is 200 g/mol. The number of carbonyl (C=O) groups is 2. The van der Waals surface area contributed by atoms with Crippen LogP contribution >= 0.6 is 11.8 Å². The zero-order valence-electron chi connectivity index (χ0n) is 7.32. The fraction of sp³-hybridized carbons (Fsp3) is 0.778. The molecule has 2 rings (SSSR count). The van der Waals surface area contributed by atoms with Gasteiger partial charge >= 0.3 is 11.9 Å². The molecule has 0 bridgehead atoms. The van der Waals surface area contributed by atoms with E-state index in [-0.39, 0.29) is 17.9 Å². The van der Waals surface area contributed by atoms with Gasteiger partial charge in [-0.25, -0.2) is 0 Å². The Bertz CT molecular complexity index is 233. The van der Waals surface area contributed by atoms with Crippen LogP contribution in [0.15, 0.2) is 0 Å². The van der Waals surface area contributed by atoms with E-state index in [1.807, 2.05) is 11.8 Å². The summed E-state index contributed by atoms with van der Waals surface area (Å²) in [5.41, 5.74) is 0. The molecule has 2 saturated heterocycles. The summed E-state index contributed by atoms with van der Waals surface area (Å²) in [7, 11) is 0. The van der Waals surface area contributed by atoms with Gasteiger partial charge in [0, 0.05) is 0 Å². The lowest BCUT2D eigenvalue weighted by atomic mass is 9.89. The van der Waals surface area contributed by atoms with E-state index in [4.69, 9.17) is 0 Å². The molecule has 3 nitrogen and oxygen atoms in total. The summed E-state index contributed by atoms with van der Waals surface area (Å²) in [5, 5.41) is 0. The summed E-state index contributed by atoms with van der Waals surface area (Å²) < 4.78 is 4.54. The Morgan fingerprint density at radius 3 is 2.77 bits per heavy atom. The first-order valence-electron chi connectivity index (χ1n) is 4.59. The molecular formula is C9H12O3S. The molecule has 0 saturated carbocycles. The van der Waals surface area contributed by atoms with Crippen molar-refractivity contribution in [3.63, 3.8) is 0 Å². The molecule has 4 heteroatoms. The molecule has 0 aromatic carbocycles. The quantitative estimate of drug-likeness (QED) is 0.471. The largest absolute Gasteiger partial charge is 0.393 e. The molecule has 0 aromatic heterocycles. The van der Waals surface area contributed by atoms with Crippen molar-refractivity contribution >= 4 is 23.7 Å². The fourth-order valence-corrected chi connectivity index (χ4v) is 3.17. The molecule has 2 fully saturated rings. The Balaban J connectivity index is 1.99. The van der Waals surface area contributed by atoms with Crippen molar-refractivity contribution in [3.05, 3.63) is 0 Å². The number of thioether (sulfide) groups is 1. The van der Waals surface area contributed by atoms with Gasteiger partial charge in [-0.3, -0.25) is 9.59 Å². The number of esters is 2. The molecule has 72 valence electrons. The second kappa shape index (κ2) is 3.70. The van der Waals surface area contributed by atoms with E-state index < -0.39 is 0 Å². The van der Waals surface area contributed by atoms with Gasteiger partial charge < -0.3 is 4.74 Å². The van der Waals surface area contributed by atoms with Crippen molar-refractivity contribution in [1.29, 1.82) is 0 Å². The van der Waals surface area contributed by atoms with Gasteiger partial charge in [0.15, 0.2) is 0 Å². The zero-order valence-corrected chi connectivity index (χ0v) is 8.14. The van der Waals surface area contributed by atoms with E-state index in [2.05, 4.69) is 4.74 Å². The van der Waals surface area contributed by atoms with Crippen molar-refractivity contribution in [2.75, 3.05) is 11.5 Å². The zero-order chi connectivity index (χ0) is 9.26. The molecule has 0 amide bonds. The molecule has 2 atom stereocenters. The predicted molar refractivity (Wildman–Crippen MR) is 49.3 cm³/mol. The van der Waals surface area contributed by atoms with Crippen molar-refractivity contribution in [2.45, 2.75) is 19.3 Å². The van der Waals surface area contributed by atoms with Crippen LogP contribution in [0.25, 0.3) is 0 Å². The molecule has 0 aromatic rings. The lowest BCUT2D eigenvalue weighted by Crippen LogP contribution is -2.24. The van der Waals surface area contributed by atoms with Crippen LogP contribution in [0.4, 0.5) is 0 Å². The average Bonchev–Trinajstić information content (AvgIpc) is 2.47. The van der Waals surface area contributed by atoms with Crippen LogP contribution in [0.3, 0.4) is 0 Å². The van der Waals surface area contributed by atoms with Crippen LogP contribution in [0, 0.1) is 11.8 Å². The van der Waals surface area contributed by atoms with E-state index in [1.54, 1.807) is 0 Å². The third kappa shape index (κ3) is 1.88. The lowest BCUT2D eigenvalue weighted by Gasteiger charge is -2.23. The molecule has 0 aliphatic carbocycles. The number of hydrogen-bond donors (Lipinski definition) is 0. The Morgan fingerprint density at radius 1 is 1.38 bits per heavy atom. The van der Waals surface area contributed by atoms with Gasteiger partial charge in [0.1, 0.15) is 0 Å². The Labute approximate surface area is 81.2 Å². The van der Waals surface area contributed by atoms with Gasteiger partial charge in [0.05, 0.1) is 12.3 Å². The maximum Gasteiger partial charge on any atom is 0.317 e. The number of cyclic esters (lactones) is 2. The number of hydrogen-bond acceptors (Lipinski definition) is 4. The van der Waals surface area contributed by atoms with Crippen LogP contribution in [0.1, 0.15) is 19.3 Å². The highest BCUT2D eigenvalue weighted by molar-refractivity contribution is 7.99. The smallest absolute Gasteiger partial charge is 0.317 e. The van der Waals surface area contributed by atoms with Crippen molar-refractivity contribution in [3.8, 4) is 0 Å². The summed E-state index contributed by atoms with van der Waals surface area (Å²) in [4.78, 5) is 22.1. The summed E-state index contributed by atoms with van der Waals surface area (Å²) >= 11 is 1.87. The molecular weight excluding hydrogens is 188 g/mol. The summed E-state index contributed by atoms with van der Waals surface area (Å²) in [6.45, 7) is 0. The molecule has 2 aliphatic heterocycles. The lowest BCUT2D eigenvalue weighted by molar-refractivity contribution is -0.153. The second-order valence-corrected chi connectivity index (χ2v) is 4.73. The summed E-state index contributed by atoms with van der Waals surface area (Å²) in [5.74, 6) is 1.79. The first kappa shape index (κ1) is 9.06. The normalized spacial score (nSPS) is 34.8. The number of ether oxygens (including phenoxy) is 1. The van der Waals surface area contributed by atoms with E-state index in [9.17, 15) is 9.59 Å². The minimum Gasteiger partial charge on any atom is -0.393 e. The van der Waals surface area contributed by atoms with Gasteiger partial charge in [-0.1, -0.05) is 0 Å². The molecule has 0 spiro atoms. The van der Waals surface area contributed by atoms with Crippen molar-refractivity contribution in [1.82, 2.24) is 0 Å². The van der Waals surface area contributed by atoms with Gasteiger partial charge in [-0.2, -0.15) is 11.8 Å². The average molecular weight is 200 g/mol. The van der Waals surface area contributed by atoms with E-state index in [0.717, 1.165) is 18.6 Å². The van der Waals surface area contributed by atoms with Crippen molar-refractivity contribution in [2.24, 2.45) is 11.8 Å². The highest BCUT2D eigenvalue weighted by atomic mass is 32.2. The third-order valence-electron chi connectivity index (χ3n) is 2.67. The van der Waals surface area contributed by atoms with Crippen LogP contribution in [-0.2, 0) is 14.3 Å². The highest BCUT2D eigenvalue weighted by Crippen LogP contribution is 2.33. The fourth-order valence-electron chi connectivity index (χ4n) is 1.93. The van der Waals surface area contributed by atoms with E-state index in [0.29, 0.717) is 12.3 Å². The Kier molecular flexibility index (Phi) is 2.58. The number of rotatable bonds is 1. The third-order valence-corrected chi connectivity index (χ3v) is 3.91. The standard InChI is InChI=1S/C9H12O3S/c10-8-4-7(9(11)12-8)6-2-1-3-13-5-6/h6-7H,1-5H2. The van der Waals surface area contributed by atoms with E-state index >= 15 is 0 Å². The van der Waals surface area contributed by atoms with Crippen LogP contribution in [0.2, 0.25) is 0 Å². The van der Waals surface area contributed by atoms with Gasteiger partial charge in [-0.15, -0.1) is 0 Å². The van der Waals surface area contributed by atoms with Gasteiger partial charge in [0.2, 0.25) is 0 Å². The second-order valence-electron chi connectivity index (χ2n) is 3.58. The topological polar surface area (TPSA) is 43.4 Å². The molecule has 2 heterocycles. The predicted octanol–water partition coefficient (Wildman–Crippen LogP) is 1.22. The minimum absolute atomic E-state index is 0.139. The summed E-state index contributed by atoms with van der Waals surface area (Å²) in [6.07, 6.45) is 2.54. The maximum atomic E-state index is 11.2. The highest BCUT2D eigenvalue weighted by Gasteiger charge is 2.39. The molecule has 0 radical (unpaired) electrons. The molecule has 2 aliphatic rings. The van der Waals surface area contributed by atoms with Gasteiger partial charge in [-0.05, 0) is 30.3 Å². The van der Waals surface area contributed by atoms with Crippen LogP contribution in [-0.4, -0.2) is 23.4 Å². The first-order valence-corrected chi connectivity index (χ1v) is 5.75. The van der Waals surface area contributed by atoms with Gasteiger partial charge in [0.25, 0.3) is 0 Å². The van der Waals surface area contributed by atoms with Crippen molar-refractivity contribution < 1.29 is 14.3 Å². The summed E-state index contributed by atoms with van der Waals surface area (Å²) in [6, 6.07) is 0. The van der Waals surface area contributed by atoms with Crippen LogP contribution in [0.5, 0.6) is 0 Å². The minimum atomic E-state index is -0.342. The first-order chi connectivity index (χ1) is 6.27. The molecule has 13 heavy (non-hydrogen) atoms. The Morgan fingerprint density at radius 2 is 2.23 bits per heavy atom. The molecule has 0 N–H and O–H groups in total. The SMILES string of the molecule is O=C1CC(C2CCCSC2)C(=O)O1. The van der Waals surface area contributed by atoms with Crippen LogP contribution < -0.4 is 0 Å². The number of carbonyl (C=O) groups excluding carboxylic acids is 2. The molecule has 2 unspecified atom stereocenters. The maximum absolute atomic E-state index is 11.2.